The normalized spacial score (nSPS) is 21.1. The first-order valence-corrected chi connectivity index (χ1v) is 10.2. The first-order valence-electron chi connectivity index (χ1n) is 9.78. The number of para-hydroxylation sites is 1. The number of ether oxygens (including phenoxy) is 1. The van der Waals surface area contributed by atoms with Crippen LogP contribution in [-0.2, 0) is 4.74 Å². The van der Waals surface area contributed by atoms with Crippen molar-refractivity contribution in [2.75, 3.05) is 18.5 Å². The summed E-state index contributed by atoms with van der Waals surface area (Å²) in [4.78, 5) is 15.2. The molecule has 2 aromatic carbocycles. The lowest BCUT2D eigenvalue weighted by Gasteiger charge is -2.39. The average molecular weight is 409 g/mol. The van der Waals surface area contributed by atoms with Crippen molar-refractivity contribution < 1.29 is 9.53 Å². The van der Waals surface area contributed by atoms with Gasteiger partial charge in [-0.05, 0) is 37.1 Å². The molecule has 0 aliphatic carbocycles. The Hall–Kier alpha value is -2.83. The second-order valence-corrected chi connectivity index (χ2v) is 7.83. The molecule has 1 fully saturated rings. The number of halogens is 1. The highest BCUT2D eigenvalue weighted by Gasteiger charge is 2.36. The molecule has 0 spiro atoms. The molecule has 0 saturated carbocycles. The molecular formula is C22H21ClN4O2. The molecule has 2 aliphatic heterocycles. The predicted molar refractivity (Wildman–Crippen MR) is 112 cm³/mol. The summed E-state index contributed by atoms with van der Waals surface area (Å²) < 4.78 is 5.83. The third-order valence-electron chi connectivity index (χ3n) is 5.54. The van der Waals surface area contributed by atoms with Gasteiger partial charge >= 0.3 is 0 Å². The van der Waals surface area contributed by atoms with Gasteiger partial charge in [0.1, 0.15) is 6.17 Å². The molecule has 0 radical (unpaired) electrons. The van der Waals surface area contributed by atoms with Gasteiger partial charge < -0.3 is 15.0 Å². The third-order valence-corrected chi connectivity index (χ3v) is 5.79. The number of hydrogen-bond acceptors (Lipinski definition) is 4. The molecule has 0 bridgehead atoms. The zero-order chi connectivity index (χ0) is 19.8. The van der Waals surface area contributed by atoms with Gasteiger partial charge in [-0.25, -0.2) is 0 Å². The summed E-state index contributed by atoms with van der Waals surface area (Å²) in [6, 6.07) is 15.2. The van der Waals surface area contributed by atoms with Crippen LogP contribution in [0.5, 0.6) is 0 Å². The molecule has 5 rings (SSSR count). The maximum Gasteiger partial charge on any atom is 0.257 e. The minimum Gasteiger partial charge on any atom is -0.376 e. The van der Waals surface area contributed by atoms with E-state index in [1.54, 1.807) is 6.20 Å². The molecular weight excluding hydrogens is 388 g/mol. The van der Waals surface area contributed by atoms with Crippen LogP contribution >= 0.6 is 11.6 Å². The van der Waals surface area contributed by atoms with Crippen LogP contribution in [0.3, 0.4) is 0 Å². The van der Waals surface area contributed by atoms with Crippen molar-refractivity contribution in [2.24, 2.45) is 0 Å². The molecule has 1 saturated heterocycles. The molecule has 148 valence electrons. The van der Waals surface area contributed by atoms with Gasteiger partial charge in [0.05, 0.1) is 23.6 Å². The Kier molecular flexibility index (Phi) is 4.73. The van der Waals surface area contributed by atoms with Crippen LogP contribution in [0.15, 0.2) is 54.7 Å². The van der Waals surface area contributed by atoms with E-state index in [2.05, 4.69) is 15.5 Å². The Morgan fingerprint density at radius 3 is 2.79 bits per heavy atom. The first kappa shape index (κ1) is 18.2. The van der Waals surface area contributed by atoms with Crippen molar-refractivity contribution in [3.8, 4) is 11.3 Å². The van der Waals surface area contributed by atoms with Gasteiger partial charge in [0, 0.05) is 35.0 Å². The Bertz CT molecular complexity index is 1030. The quantitative estimate of drug-likeness (QED) is 0.668. The van der Waals surface area contributed by atoms with Crippen LogP contribution < -0.4 is 5.32 Å². The monoisotopic (exact) mass is 408 g/mol. The largest absolute Gasteiger partial charge is 0.376 e. The van der Waals surface area contributed by atoms with E-state index in [1.165, 1.54) is 0 Å². The van der Waals surface area contributed by atoms with Crippen LogP contribution in [0.1, 0.15) is 34.9 Å². The van der Waals surface area contributed by atoms with Crippen molar-refractivity contribution >= 4 is 23.2 Å². The molecule has 7 heteroatoms. The van der Waals surface area contributed by atoms with Gasteiger partial charge in [-0.15, -0.1) is 0 Å². The number of fused-ring (bicyclic) bond motifs is 1. The highest BCUT2D eigenvalue weighted by atomic mass is 35.5. The van der Waals surface area contributed by atoms with Gasteiger partial charge in [-0.3, -0.25) is 9.89 Å². The van der Waals surface area contributed by atoms with Crippen LogP contribution in [0, 0.1) is 0 Å². The summed E-state index contributed by atoms with van der Waals surface area (Å²) in [7, 11) is 0. The van der Waals surface area contributed by atoms with Gasteiger partial charge in [0.15, 0.2) is 0 Å². The van der Waals surface area contributed by atoms with Crippen molar-refractivity contribution in [1.82, 2.24) is 15.1 Å². The third kappa shape index (κ3) is 3.39. The maximum atomic E-state index is 13.4. The number of nitrogens with one attached hydrogen (secondary N) is 2. The van der Waals surface area contributed by atoms with E-state index in [0.29, 0.717) is 17.1 Å². The fourth-order valence-corrected chi connectivity index (χ4v) is 4.21. The van der Waals surface area contributed by atoms with Crippen molar-refractivity contribution in [2.45, 2.75) is 25.1 Å². The molecule has 29 heavy (non-hydrogen) atoms. The summed E-state index contributed by atoms with van der Waals surface area (Å²) in [6.45, 7) is 1.29. The number of aromatic amines is 1. The molecule has 0 unspecified atom stereocenters. The number of aromatic nitrogens is 2. The van der Waals surface area contributed by atoms with E-state index in [-0.39, 0.29) is 18.2 Å². The lowest BCUT2D eigenvalue weighted by molar-refractivity contribution is 0.0427. The van der Waals surface area contributed by atoms with E-state index in [1.807, 2.05) is 53.4 Å². The smallest absolute Gasteiger partial charge is 0.257 e. The SMILES string of the molecule is O=C1c2ccccc2N[C@H](c2cn[nH]c2-c2ccc(Cl)cc2)N1C[C@@H]1CCCO1. The number of hydrogen-bond donors (Lipinski definition) is 2. The van der Waals surface area contributed by atoms with Crippen LogP contribution in [-0.4, -0.2) is 40.3 Å². The Morgan fingerprint density at radius 1 is 1.17 bits per heavy atom. The van der Waals surface area contributed by atoms with Gasteiger partial charge in [-0.2, -0.15) is 5.10 Å². The lowest BCUT2D eigenvalue weighted by atomic mass is 10.0. The van der Waals surface area contributed by atoms with Gasteiger partial charge in [-0.1, -0.05) is 35.9 Å². The fraction of sp³-hybridized carbons (Fsp3) is 0.273. The summed E-state index contributed by atoms with van der Waals surface area (Å²) >= 11 is 6.05. The number of rotatable bonds is 4. The molecule has 3 heterocycles. The second-order valence-electron chi connectivity index (χ2n) is 7.39. The average Bonchev–Trinajstić information content (AvgIpc) is 3.43. The minimum atomic E-state index is -0.342. The van der Waals surface area contributed by atoms with Crippen LogP contribution in [0.25, 0.3) is 11.3 Å². The van der Waals surface area contributed by atoms with Crippen molar-refractivity contribution in [3.05, 3.63) is 70.9 Å². The maximum absolute atomic E-state index is 13.4. The Labute approximate surface area is 173 Å². The topological polar surface area (TPSA) is 70.2 Å². The number of anilines is 1. The highest BCUT2D eigenvalue weighted by molar-refractivity contribution is 6.30. The van der Waals surface area contributed by atoms with E-state index >= 15 is 0 Å². The van der Waals surface area contributed by atoms with Gasteiger partial charge in [0.2, 0.25) is 0 Å². The summed E-state index contributed by atoms with van der Waals surface area (Å²) in [5.41, 5.74) is 4.25. The molecule has 1 amide bonds. The summed E-state index contributed by atoms with van der Waals surface area (Å²) in [5.74, 6) is 0.00288. The Morgan fingerprint density at radius 2 is 2.00 bits per heavy atom. The number of benzene rings is 2. The van der Waals surface area contributed by atoms with Crippen molar-refractivity contribution in [3.63, 3.8) is 0 Å². The fourth-order valence-electron chi connectivity index (χ4n) is 4.08. The molecule has 3 aromatic rings. The summed E-state index contributed by atoms with van der Waals surface area (Å²) in [6.07, 6.45) is 3.49. The predicted octanol–water partition coefficient (Wildman–Crippen LogP) is 4.48. The van der Waals surface area contributed by atoms with Crippen molar-refractivity contribution in [1.29, 1.82) is 0 Å². The Balaban J connectivity index is 1.56. The van der Waals surface area contributed by atoms with E-state index in [0.717, 1.165) is 42.0 Å². The molecule has 2 aliphatic rings. The first-order chi connectivity index (χ1) is 14.2. The van der Waals surface area contributed by atoms with Crippen LogP contribution in [0.2, 0.25) is 5.02 Å². The van der Waals surface area contributed by atoms with E-state index < -0.39 is 0 Å². The van der Waals surface area contributed by atoms with E-state index in [9.17, 15) is 4.79 Å². The standard InChI is InChI=1S/C22H21ClN4O2/c23-15-9-7-14(8-10-15)20-18(12-24-26-20)21-25-19-6-2-1-5-17(19)22(28)27(21)13-16-4-3-11-29-16/h1-2,5-10,12,16,21,25H,3-4,11,13H2,(H,24,26)/t16-,21-/m0/s1. The highest BCUT2D eigenvalue weighted by Crippen LogP contribution is 2.37. The summed E-state index contributed by atoms with van der Waals surface area (Å²) in [5, 5.41) is 11.6. The van der Waals surface area contributed by atoms with Crippen LogP contribution in [0.4, 0.5) is 5.69 Å². The molecule has 2 N–H and O–H groups in total. The number of carbonyl (C=O) groups excluding carboxylic acids is 1. The molecule has 1 aromatic heterocycles. The zero-order valence-corrected chi connectivity index (χ0v) is 16.5. The number of amides is 1. The molecule has 2 atom stereocenters. The van der Waals surface area contributed by atoms with Gasteiger partial charge in [0.25, 0.3) is 5.91 Å². The minimum absolute atomic E-state index is 0.00288. The zero-order valence-electron chi connectivity index (χ0n) is 15.8. The second kappa shape index (κ2) is 7.54. The number of carbonyl (C=O) groups is 1. The lowest BCUT2D eigenvalue weighted by Crippen LogP contribution is -2.46. The molecule has 6 nitrogen and oxygen atoms in total. The number of H-pyrrole nitrogens is 1. The van der Waals surface area contributed by atoms with E-state index in [4.69, 9.17) is 16.3 Å². The number of nitrogens with zero attached hydrogens (tertiary/aromatic N) is 2.